The van der Waals surface area contributed by atoms with E-state index in [0.717, 1.165) is 17.0 Å². The summed E-state index contributed by atoms with van der Waals surface area (Å²) < 4.78 is 6.29. The lowest BCUT2D eigenvalue weighted by atomic mass is 10.0. The minimum Gasteiger partial charge on any atom is -0.506 e. The van der Waals surface area contributed by atoms with Crippen molar-refractivity contribution < 1.29 is 9.52 Å². The zero-order chi connectivity index (χ0) is 21.4. The highest BCUT2D eigenvalue weighted by Gasteiger charge is 2.43. The average molecular weight is 448 g/mol. The van der Waals surface area contributed by atoms with Crippen molar-refractivity contribution in [3.05, 3.63) is 102 Å². The van der Waals surface area contributed by atoms with E-state index in [1.807, 2.05) is 71.6 Å². The Morgan fingerprint density at radius 3 is 2.48 bits per heavy atom. The molecule has 2 aromatic carbocycles. The fraction of sp³-hybridized carbons (Fsp3) is 0.0833. The van der Waals surface area contributed by atoms with E-state index in [4.69, 9.17) is 28.2 Å². The van der Waals surface area contributed by atoms with Gasteiger partial charge in [0.1, 0.15) is 23.3 Å². The van der Waals surface area contributed by atoms with Crippen molar-refractivity contribution in [3.63, 3.8) is 0 Å². The molecule has 2 atom stereocenters. The van der Waals surface area contributed by atoms with Crippen molar-refractivity contribution in [2.45, 2.75) is 12.1 Å². The molecule has 1 fully saturated rings. The number of nitrogens with one attached hydrogen (secondary N) is 1. The molecule has 0 spiro atoms. The highest BCUT2D eigenvalue weighted by molar-refractivity contribution is 7.80. The van der Waals surface area contributed by atoms with E-state index in [1.54, 1.807) is 18.3 Å². The summed E-state index contributed by atoms with van der Waals surface area (Å²) in [5, 5.41) is 15.0. The van der Waals surface area contributed by atoms with Crippen LogP contribution in [0.1, 0.15) is 23.5 Å². The van der Waals surface area contributed by atoms with Gasteiger partial charge in [-0.15, -0.1) is 0 Å². The Kier molecular flexibility index (Phi) is 5.10. The number of furan rings is 1. The molecule has 2 aromatic heterocycles. The van der Waals surface area contributed by atoms with Gasteiger partial charge in [0.25, 0.3) is 0 Å². The Hall–Kier alpha value is -3.35. The summed E-state index contributed by atoms with van der Waals surface area (Å²) in [6, 6.07) is 23.7. The van der Waals surface area contributed by atoms with Crippen LogP contribution < -0.4 is 10.2 Å². The molecule has 5 nitrogen and oxygen atoms in total. The lowest BCUT2D eigenvalue weighted by molar-refractivity contribution is 0.434. The Labute approximate surface area is 189 Å². The monoisotopic (exact) mass is 447 g/mol. The Morgan fingerprint density at radius 2 is 1.74 bits per heavy atom. The van der Waals surface area contributed by atoms with E-state index in [-0.39, 0.29) is 17.8 Å². The van der Waals surface area contributed by atoms with Gasteiger partial charge in [-0.1, -0.05) is 29.8 Å². The summed E-state index contributed by atoms with van der Waals surface area (Å²) in [5.74, 6) is 1.57. The number of thiocarbonyl (C=S) groups is 1. The first-order chi connectivity index (χ1) is 15.1. The molecule has 0 radical (unpaired) electrons. The van der Waals surface area contributed by atoms with Gasteiger partial charge in [0.15, 0.2) is 5.11 Å². The molecule has 3 heterocycles. The first kappa shape index (κ1) is 19.6. The van der Waals surface area contributed by atoms with Crippen LogP contribution in [0.3, 0.4) is 0 Å². The maximum atomic E-state index is 10.5. The van der Waals surface area contributed by atoms with E-state index < -0.39 is 0 Å². The molecule has 7 heteroatoms. The lowest BCUT2D eigenvalue weighted by Gasteiger charge is -2.26. The smallest absolute Gasteiger partial charge is 0.174 e. The molecule has 2 N–H and O–H groups in total. The standard InChI is InChI=1S/C24H18ClN3O2S/c25-16-10-8-15(9-11-16)20-12-13-21(30-20)23-22(17-5-3-4-14-26-17)27-24(31)28(23)18-6-1-2-7-19(18)29/h1-14,22-23,29H,(H,27,31). The van der Waals surface area contributed by atoms with Crippen molar-refractivity contribution in [1.82, 2.24) is 10.3 Å². The maximum Gasteiger partial charge on any atom is 0.174 e. The summed E-state index contributed by atoms with van der Waals surface area (Å²) in [7, 11) is 0. The van der Waals surface area contributed by atoms with E-state index in [9.17, 15) is 5.11 Å². The Bertz CT molecular complexity index is 1230. The highest BCUT2D eigenvalue weighted by Crippen LogP contribution is 2.45. The van der Waals surface area contributed by atoms with Gasteiger partial charge in [0.05, 0.1) is 17.4 Å². The molecule has 1 saturated heterocycles. The number of aromatic nitrogens is 1. The molecule has 0 saturated carbocycles. The van der Waals surface area contributed by atoms with Crippen molar-refractivity contribution in [2.75, 3.05) is 4.90 Å². The van der Waals surface area contributed by atoms with Crippen LogP contribution in [0.4, 0.5) is 5.69 Å². The van der Waals surface area contributed by atoms with Gasteiger partial charge in [0.2, 0.25) is 0 Å². The van der Waals surface area contributed by atoms with Crippen LogP contribution in [0.25, 0.3) is 11.3 Å². The third-order valence-corrected chi connectivity index (χ3v) is 5.85. The predicted octanol–water partition coefficient (Wildman–Crippen LogP) is 5.88. The van der Waals surface area contributed by atoms with Crippen LogP contribution in [0.2, 0.25) is 5.02 Å². The van der Waals surface area contributed by atoms with Crippen molar-refractivity contribution >= 4 is 34.6 Å². The summed E-state index contributed by atoms with van der Waals surface area (Å²) in [4.78, 5) is 6.41. The molecule has 1 aliphatic rings. The predicted molar refractivity (Wildman–Crippen MR) is 125 cm³/mol. The van der Waals surface area contributed by atoms with Crippen molar-refractivity contribution in [2.24, 2.45) is 0 Å². The van der Waals surface area contributed by atoms with E-state index >= 15 is 0 Å². The zero-order valence-corrected chi connectivity index (χ0v) is 17.8. The van der Waals surface area contributed by atoms with Gasteiger partial charge in [-0.2, -0.15) is 0 Å². The summed E-state index contributed by atoms with van der Waals surface area (Å²) in [6.45, 7) is 0. The Balaban J connectivity index is 1.61. The molecule has 0 aliphatic carbocycles. The molecule has 2 unspecified atom stereocenters. The minimum atomic E-state index is -0.336. The number of pyridine rings is 1. The maximum absolute atomic E-state index is 10.5. The van der Waals surface area contributed by atoms with Crippen molar-refractivity contribution in [3.8, 4) is 17.1 Å². The summed E-state index contributed by atoms with van der Waals surface area (Å²) >= 11 is 11.7. The number of nitrogens with zero attached hydrogens (tertiary/aromatic N) is 2. The van der Waals surface area contributed by atoms with E-state index in [1.165, 1.54) is 0 Å². The van der Waals surface area contributed by atoms with Gasteiger partial charge >= 0.3 is 0 Å². The molecule has 31 heavy (non-hydrogen) atoms. The van der Waals surface area contributed by atoms with Crippen molar-refractivity contribution in [1.29, 1.82) is 0 Å². The fourth-order valence-electron chi connectivity index (χ4n) is 3.85. The topological polar surface area (TPSA) is 61.5 Å². The van der Waals surface area contributed by atoms with Crippen LogP contribution in [-0.2, 0) is 0 Å². The highest BCUT2D eigenvalue weighted by atomic mass is 35.5. The zero-order valence-electron chi connectivity index (χ0n) is 16.3. The number of benzene rings is 2. The number of hydrogen-bond donors (Lipinski definition) is 2. The minimum absolute atomic E-state index is 0.141. The second kappa shape index (κ2) is 8.06. The van der Waals surface area contributed by atoms with Gasteiger partial charge in [-0.05, 0) is 72.9 Å². The molecule has 1 aliphatic heterocycles. The number of hydrogen-bond acceptors (Lipinski definition) is 4. The van der Waals surface area contributed by atoms with Crippen LogP contribution in [0.5, 0.6) is 5.75 Å². The van der Waals surface area contributed by atoms with Gasteiger partial charge < -0.3 is 19.7 Å². The molecule has 0 bridgehead atoms. The molecular formula is C24H18ClN3O2S. The second-order valence-corrected chi connectivity index (χ2v) is 8.02. The Morgan fingerprint density at radius 1 is 0.968 bits per heavy atom. The average Bonchev–Trinajstić information content (AvgIpc) is 3.40. The second-order valence-electron chi connectivity index (χ2n) is 7.19. The van der Waals surface area contributed by atoms with Crippen LogP contribution in [0.15, 0.2) is 89.5 Å². The summed E-state index contributed by atoms with van der Waals surface area (Å²) in [5.41, 5.74) is 2.36. The largest absolute Gasteiger partial charge is 0.506 e. The number of phenolic OH excluding ortho intramolecular Hbond substituents is 1. The molecule has 4 aromatic rings. The third kappa shape index (κ3) is 3.65. The molecular weight excluding hydrogens is 430 g/mol. The van der Waals surface area contributed by atoms with Gasteiger partial charge in [-0.25, -0.2) is 0 Å². The number of para-hydroxylation sites is 2. The van der Waals surface area contributed by atoms with E-state index in [2.05, 4.69) is 10.3 Å². The SMILES string of the molecule is Oc1ccccc1N1C(=S)NC(c2ccccn2)C1c1ccc(-c2ccc(Cl)cc2)o1. The fourth-order valence-corrected chi connectivity index (χ4v) is 4.32. The summed E-state index contributed by atoms with van der Waals surface area (Å²) in [6.07, 6.45) is 1.75. The number of rotatable bonds is 4. The van der Waals surface area contributed by atoms with Crippen LogP contribution >= 0.6 is 23.8 Å². The van der Waals surface area contributed by atoms with Gasteiger partial charge in [-0.3, -0.25) is 4.98 Å². The van der Waals surface area contributed by atoms with Gasteiger partial charge in [0, 0.05) is 16.8 Å². The third-order valence-electron chi connectivity index (χ3n) is 5.29. The molecule has 154 valence electrons. The van der Waals surface area contributed by atoms with Crippen LogP contribution in [0, 0.1) is 0 Å². The first-order valence-electron chi connectivity index (χ1n) is 9.76. The number of halogens is 1. The molecule has 0 amide bonds. The molecule has 5 rings (SSSR count). The lowest BCUT2D eigenvalue weighted by Crippen LogP contribution is -2.29. The first-order valence-corrected chi connectivity index (χ1v) is 10.5. The van der Waals surface area contributed by atoms with E-state index in [0.29, 0.717) is 21.6 Å². The number of anilines is 1. The quantitative estimate of drug-likeness (QED) is 0.381. The van der Waals surface area contributed by atoms with Crippen LogP contribution in [-0.4, -0.2) is 15.2 Å². The number of aromatic hydroxyl groups is 1. The normalized spacial score (nSPS) is 18.2. The number of phenols is 1.